The highest BCUT2D eigenvalue weighted by Gasteiger charge is 2.26. The quantitative estimate of drug-likeness (QED) is 0.177. The summed E-state index contributed by atoms with van der Waals surface area (Å²) in [6.45, 7) is 4.17. The Labute approximate surface area is 207 Å². The minimum atomic E-state index is -0.529. The molecular weight excluding hydrogens is 483 g/mol. The first-order valence-electron chi connectivity index (χ1n) is 10.1. The highest BCUT2D eigenvalue weighted by atomic mass is 35.5. The molecule has 3 aromatic carbocycles. The topological polar surface area (TPSA) is 96.2 Å². The lowest BCUT2D eigenvalue weighted by molar-refractivity contribution is 0.0972. The van der Waals surface area contributed by atoms with E-state index in [2.05, 4.69) is 42.7 Å². The fourth-order valence-corrected chi connectivity index (χ4v) is 4.30. The first-order valence-corrected chi connectivity index (χ1v) is 11.2. The lowest BCUT2D eigenvalue weighted by Gasteiger charge is -2.27. The number of aryl methyl sites for hydroxylation is 2. The Hall–Kier alpha value is -2.77. The summed E-state index contributed by atoms with van der Waals surface area (Å²) in [6.07, 6.45) is 0.469. The van der Waals surface area contributed by atoms with E-state index in [4.69, 9.17) is 40.6 Å². The largest absolute Gasteiger partial charge is 0.377 e. The number of carbonyl (C=O) groups excluding carboxylic acids is 2. The van der Waals surface area contributed by atoms with Crippen LogP contribution in [-0.4, -0.2) is 11.8 Å². The second kappa shape index (κ2) is 10.9. The third kappa shape index (κ3) is 6.62. The number of halogens is 3. The molecule has 0 saturated heterocycles. The molecule has 9 heteroatoms. The van der Waals surface area contributed by atoms with Crippen LogP contribution in [0.3, 0.4) is 0 Å². The lowest BCUT2D eigenvalue weighted by Crippen LogP contribution is -2.34. The molecule has 1 heterocycles. The van der Waals surface area contributed by atoms with Crippen molar-refractivity contribution < 1.29 is 9.59 Å². The monoisotopic (exact) mass is 504 g/mol. The molecule has 5 N–H and O–H groups in total. The minimum Gasteiger partial charge on any atom is -0.377 e. The van der Waals surface area contributed by atoms with Crippen molar-refractivity contribution in [3.63, 3.8) is 0 Å². The van der Waals surface area contributed by atoms with E-state index >= 15 is 0 Å². The smallest absolute Gasteiger partial charge is 0.333 e. The summed E-state index contributed by atoms with van der Waals surface area (Å²) in [6, 6.07) is 16.0. The number of rotatable bonds is 2. The molecule has 2 amide bonds. The molecule has 0 fully saturated rings. The number of ketones is 1. The van der Waals surface area contributed by atoms with Crippen LogP contribution in [0.15, 0.2) is 54.6 Å². The fraction of sp³-hybridized carbons (Fsp3) is 0.167. The zero-order valence-electron chi connectivity index (χ0n) is 18.0. The van der Waals surface area contributed by atoms with Gasteiger partial charge < -0.3 is 10.6 Å². The third-order valence-corrected chi connectivity index (χ3v) is 5.73. The molecule has 4 rings (SSSR count). The SMILES string of the molecule is Cc1ccc(C2CC(=O)c3cc(Cl)ccc3N2)c(C)c1.NNC(=O)Nc1cc(Cl)cc(Cl)c1. The van der Waals surface area contributed by atoms with Crippen LogP contribution in [0.2, 0.25) is 15.1 Å². The predicted octanol–water partition coefficient (Wildman–Crippen LogP) is 6.69. The lowest BCUT2D eigenvalue weighted by atomic mass is 9.90. The standard InChI is InChI=1S/C17H16ClNO.C7H7Cl2N3O/c1-10-3-5-13(11(2)7-10)16-9-17(20)14-8-12(18)4-6-15(14)19-16;8-4-1-5(9)3-6(2-4)11-7(13)12-10/h3-8,16,19H,9H2,1-2H3;1-3H,10H2,(H2,11,12,13). The van der Waals surface area contributed by atoms with Gasteiger partial charge in [0.1, 0.15) is 0 Å². The number of fused-ring (bicyclic) bond motifs is 1. The van der Waals surface area contributed by atoms with Gasteiger partial charge in [-0.25, -0.2) is 10.6 Å². The van der Waals surface area contributed by atoms with E-state index in [9.17, 15) is 9.59 Å². The van der Waals surface area contributed by atoms with Gasteiger partial charge in [-0.2, -0.15) is 0 Å². The number of nitrogens with two attached hydrogens (primary N) is 1. The Morgan fingerprint density at radius 2 is 1.67 bits per heavy atom. The molecule has 3 aromatic rings. The Morgan fingerprint density at radius 3 is 2.30 bits per heavy atom. The molecule has 1 unspecified atom stereocenters. The number of Topliss-reactive ketones (excluding diaryl/α,β-unsaturated/α-hetero) is 1. The second-order valence-electron chi connectivity index (χ2n) is 7.63. The summed E-state index contributed by atoms with van der Waals surface area (Å²) in [7, 11) is 0. The normalized spacial score (nSPS) is 14.4. The second-order valence-corrected chi connectivity index (χ2v) is 8.94. The van der Waals surface area contributed by atoms with Crippen molar-refractivity contribution in [1.29, 1.82) is 0 Å². The fourth-order valence-electron chi connectivity index (χ4n) is 3.60. The average molecular weight is 506 g/mol. The summed E-state index contributed by atoms with van der Waals surface area (Å²) in [4.78, 5) is 23.1. The molecule has 0 aromatic heterocycles. The summed E-state index contributed by atoms with van der Waals surface area (Å²) in [5.41, 5.74) is 7.60. The van der Waals surface area contributed by atoms with E-state index in [-0.39, 0.29) is 11.8 Å². The molecule has 1 aliphatic heterocycles. The Kier molecular flexibility index (Phi) is 8.21. The Bertz CT molecular complexity index is 1180. The Balaban J connectivity index is 0.000000205. The van der Waals surface area contributed by atoms with Crippen molar-refractivity contribution in [2.24, 2.45) is 5.84 Å². The van der Waals surface area contributed by atoms with Gasteiger partial charge >= 0.3 is 6.03 Å². The van der Waals surface area contributed by atoms with Crippen molar-refractivity contribution in [2.75, 3.05) is 10.6 Å². The molecule has 1 aliphatic rings. The maximum Gasteiger partial charge on any atom is 0.333 e. The first kappa shape index (κ1) is 24.9. The zero-order valence-corrected chi connectivity index (χ0v) is 20.3. The number of hydrazine groups is 1. The van der Waals surface area contributed by atoms with Crippen molar-refractivity contribution in [1.82, 2.24) is 5.43 Å². The number of anilines is 2. The van der Waals surface area contributed by atoms with Crippen LogP contribution >= 0.6 is 34.8 Å². The van der Waals surface area contributed by atoms with Crippen molar-refractivity contribution in [2.45, 2.75) is 26.3 Å². The summed E-state index contributed by atoms with van der Waals surface area (Å²) >= 11 is 17.3. The number of urea groups is 1. The van der Waals surface area contributed by atoms with Crippen LogP contribution in [0.25, 0.3) is 0 Å². The molecule has 0 aliphatic carbocycles. The molecule has 0 saturated carbocycles. The molecule has 6 nitrogen and oxygen atoms in total. The van der Waals surface area contributed by atoms with Gasteiger partial charge in [0.15, 0.2) is 5.78 Å². The number of benzene rings is 3. The van der Waals surface area contributed by atoms with E-state index in [0.717, 1.165) is 5.69 Å². The number of hydrogen-bond acceptors (Lipinski definition) is 4. The van der Waals surface area contributed by atoms with Gasteiger partial charge in [0, 0.05) is 38.4 Å². The number of hydrogen-bond donors (Lipinski definition) is 4. The maximum atomic E-state index is 12.3. The van der Waals surface area contributed by atoms with E-state index in [1.54, 1.807) is 24.3 Å². The number of nitrogens with one attached hydrogen (secondary N) is 3. The van der Waals surface area contributed by atoms with Crippen molar-refractivity contribution >= 4 is 58.0 Å². The van der Waals surface area contributed by atoms with Gasteiger partial charge in [-0.3, -0.25) is 10.2 Å². The van der Waals surface area contributed by atoms with Gasteiger partial charge in [-0.1, -0.05) is 58.6 Å². The minimum absolute atomic E-state index is 0.0387. The molecule has 1 atom stereocenters. The van der Waals surface area contributed by atoms with Crippen molar-refractivity contribution in [3.05, 3.63) is 91.9 Å². The highest BCUT2D eigenvalue weighted by Crippen LogP contribution is 2.35. The molecule has 0 radical (unpaired) electrons. The molecule has 172 valence electrons. The maximum absolute atomic E-state index is 12.3. The summed E-state index contributed by atoms with van der Waals surface area (Å²) < 4.78 is 0. The van der Waals surface area contributed by atoms with E-state index in [1.807, 2.05) is 17.6 Å². The molecular formula is C24H23Cl3N4O2. The first-order chi connectivity index (χ1) is 15.7. The molecule has 0 spiro atoms. The van der Waals surface area contributed by atoms with E-state index in [1.165, 1.54) is 16.7 Å². The van der Waals surface area contributed by atoms with Crippen LogP contribution < -0.4 is 21.9 Å². The third-order valence-electron chi connectivity index (χ3n) is 5.05. The van der Waals surface area contributed by atoms with Gasteiger partial charge in [0.2, 0.25) is 0 Å². The van der Waals surface area contributed by atoms with E-state index < -0.39 is 6.03 Å². The number of carbonyl (C=O) groups is 2. The van der Waals surface area contributed by atoms with Crippen LogP contribution in [0, 0.1) is 13.8 Å². The van der Waals surface area contributed by atoms with Gasteiger partial charge in [0.25, 0.3) is 0 Å². The highest BCUT2D eigenvalue weighted by molar-refractivity contribution is 6.35. The zero-order chi connectivity index (χ0) is 24.1. The Morgan fingerprint density at radius 1 is 0.970 bits per heavy atom. The summed E-state index contributed by atoms with van der Waals surface area (Å²) in [5.74, 6) is 5.01. The average Bonchev–Trinajstić information content (AvgIpc) is 2.74. The van der Waals surface area contributed by atoms with E-state index in [0.29, 0.717) is 32.7 Å². The van der Waals surface area contributed by atoms with Crippen LogP contribution in [0.5, 0.6) is 0 Å². The van der Waals surface area contributed by atoms with Crippen LogP contribution in [-0.2, 0) is 0 Å². The number of amides is 2. The predicted molar refractivity (Wildman–Crippen MR) is 135 cm³/mol. The summed E-state index contributed by atoms with van der Waals surface area (Å²) in [5, 5.41) is 7.37. The molecule has 33 heavy (non-hydrogen) atoms. The van der Waals surface area contributed by atoms with Gasteiger partial charge in [0.05, 0.1) is 6.04 Å². The van der Waals surface area contributed by atoms with Crippen LogP contribution in [0.4, 0.5) is 16.2 Å². The van der Waals surface area contributed by atoms with Crippen molar-refractivity contribution in [3.8, 4) is 0 Å². The van der Waals surface area contributed by atoms with Crippen LogP contribution in [0.1, 0.15) is 39.5 Å². The van der Waals surface area contributed by atoms with Gasteiger partial charge in [-0.05, 0) is 61.4 Å². The molecule has 0 bridgehead atoms. The van der Waals surface area contributed by atoms with Gasteiger partial charge in [-0.15, -0.1) is 0 Å².